The van der Waals surface area contributed by atoms with Crippen molar-refractivity contribution in [2.75, 3.05) is 57.0 Å². The molecule has 3 heterocycles. The molecule has 0 radical (unpaired) electrons. The van der Waals surface area contributed by atoms with Crippen molar-refractivity contribution in [3.05, 3.63) is 30.1 Å². The van der Waals surface area contributed by atoms with Gasteiger partial charge in [-0.15, -0.1) is 0 Å². The van der Waals surface area contributed by atoms with Gasteiger partial charge in [0.25, 0.3) is 5.92 Å². The largest absolute Gasteiger partial charge is 0.366 e. The van der Waals surface area contributed by atoms with E-state index < -0.39 is 35.0 Å². The molecule has 0 N–H and O–H groups in total. The third-order valence-electron chi connectivity index (χ3n) is 6.14. The van der Waals surface area contributed by atoms with Crippen molar-refractivity contribution >= 4 is 21.6 Å². The molecule has 3 aliphatic rings. The number of para-hydroxylation sites is 1. The second kappa shape index (κ2) is 7.69. The first-order chi connectivity index (χ1) is 14.0. The van der Waals surface area contributed by atoms with Crippen LogP contribution in [0.3, 0.4) is 0 Å². The number of likely N-dealkylation sites (tertiary alicyclic amines) is 1. The van der Waals surface area contributed by atoms with Crippen molar-refractivity contribution in [2.45, 2.75) is 24.4 Å². The molecule has 30 heavy (non-hydrogen) atoms. The highest BCUT2D eigenvalue weighted by Gasteiger charge is 2.53. The van der Waals surface area contributed by atoms with Crippen LogP contribution < -0.4 is 4.90 Å². The monoisotopic (exact) mass is 446 g/mol. The molecular formula is C19H25F3N4O3S. The number of hydrogen-bond donors (Lipinski definition) is 0. The number of benzene rings is 1. The maximum absolute atomic E-state index is 14.2. The molecule has 0 saturated carbocycles. The minimum atomic E-state index is -3.36. The molecule has 0 unspecified atom stereocenters. The molecule has 0 bridgehead atoms. The Morgan fingerprint density at radius 2 is 1.73 bits per heavy atom. The van der Waals surface area contributed by atoms with Gasteiger partial charge in [0.1, 0.15) is 5.82 Å². The van der Waals surface area contributed by atoms with E-state index in [2.05, 4.69) is 0 Å². The zero-order valence-electron chi connectivity index (χ0n) is 16.7. The number of sulfonamides is 1. The number of alkyl halides is 2. The van der Waals surface area contributed by atoms with E-state index in [-0.39, 0.29) is 30.9 Å². The van der Waals surface area contributed by atoms with Gasteiger partial charge in [0, 0.05) is 51.7 Å². The lowest BCUT2D eigenvalue weighted by molar-refractivity contribution is -0.138. The summed E-state index contributed by atoms with van der Waals surface area (Å²) in [5.74, 6) is -3.68. The van der Waals surface area contributed by atoms with Crippen LogP contribution in [0.2, 0.25) is 0 Å². The average molecular weight is 446 g/mol. The molecular weight excluding hydrogens is 421 g/mol. The number of hydrogen-bond acceptors (Lipinski definition) is 5. The van der Waals surface area contributed by atoms with Gasteiger partial charge >= 0.3 is 0 Å². The smallest absolute Gasteiger partial charge is 0.262 e. The number of piperazine rings is 1. The fourth-order valence-corrected chi connectivity index (χ4v) is 5.32. The highest BCUT2D eigenvalue weighted by Crippen LogP contribution is 2.37. The van der Waals surface area contributed by atoms with Crippen LogP contribution in [0, 0.1) is 5.82 Å². The summed E-state index contributed by atoms with van der Waals surface area (Å²) in [6, 6.07) is 5.06. The molecule has 1 atom stereocenters. The van der Waals surface area contributed by atoms with E-state index in [1.807, 2.05) is 4.90 Å². The van der Waals surface area contributed by atoms with Crippen molar-refractivity contribution in [2.24, 2.45) is 0 Å². The molecule has 166 valence electrons. The normalized spacial score (nSPS) is 26.1. The molecule has 11 heteroatoms. The Labute approximate surface area is 174 Å². The van der Waals surface area contributed by atoms with Gasteiger partial charge in [0.15, 0.2) is 0 Å². The lowest BCUT2D eigenvalue weighted by Gasteiger charge is -2.45. The van der Waals surface area contributed by atoms with Crippen LogP contribution in [0.15, 0.2) is 24.3 Å². The number of halogens is 3. The number of carbonyl (C=O) groups excluding carboxylic acids is 1. The summed E-state index contributed by atoms with van der Waals surface area (Å²) < 4.78 is 66.7. The third kappa shape index (κ3) is 4.15. The molecule has 1 aromatic rings. The number of nitrogens with zero attached hydrogens (tertiary/aromatic N) is 4. The van der Waals surface area contributed by atoms with Gasteiger partial charge in [-0.05, 0) is 12.1 Å². The summed E-state index contributed by atoms with van der Waals surface area (Å²) in [5.41, 5.74) is 0.467. The second-order valence-corrected chi connectivity index (χ2v) is 10.2. The quantitative estimate of drug-likeness (QED) is 0.686. The zero-order chi connectivity index (χ0) is 21.7. The summed E-state index contributed by atoms with van der Waals surface area (Å²) in [6.45, 7) is 1.19. The van der Waals surface area contributed by atoms with E-state index in [1.165, 1.54) is 15.3 Å². The Morgan fingerprint density at radius 3 is 2.33 bits per heavy atom. The van der Waals surface area contributed by atoms with Gasteiger partial charge in [-0.1, -0.05) is 12.1 Å². The minimum absolute atomic E-state index is 0.125. The van der Waals surface area contributed by atoms with Crippen LogP contribution in [-0.2, 0) is 14.8 Å². The number of carbonyl (C=O) groups is 1. The van der Waals surface area contributed by atoms with E-state index in [4.69, 9.17) is 0 Å². The zero-order valence-corrected chi connectivity index (χ0v) is 17.5. The number of rotatable bonds is 4. The molecule has 3 saturated heterocycles. The van der Waals surface area contributed by atoms with Crippen molar-refractivity contribution in [1.82, 2.24) is 14.1 Å². The fourth-order valence-electron chi connectivity index (χ4n) is 4.44. The first-order valence-electron chi connectivity index (χ1n) is 9.92. The summed E-state index contributed by atoms with van der Waals surface area (Å²) in [6.07, 6.45) is 0.522. The highest BCUT2D eigenvalue weighted by atomic mass is 32.2. The molecule has 0 aromatic heterocycles. The summed E-state index contributed by atoms with van der Waals surface area (Å²) in [5, 5.41) is 0. The molecule has 7 nitrogen and oxygen atoms in total. The Hall–Kier alpha value is -1.85. The summed E-state index contributed by atoms with van der Waals surface area (Å²) in [4.78, 5) is 17.9. The standard InChI is InChI=1S/C19H25F3N4O3S/c1-30(28,29)25-11-14(12-25)26-13-19(21,22)10-17(26)18(27)24-8-6-23(7-9-24)16-5-3-2-4-15(16)20/h2-5,14,17H,6-13H2,1H3/t17-/m0/s1. The average Bonchev–Trinajstić information content (AvgIpc) is 2.94. The molecule has 3 fully saturated rings. The van der Waals surface area contributed by atoms with Gasteiger partial charge in [-0.2, -0.15) is 4.31 Å². The lowest BCUT2D eigenvalue weighted by Crippen LogP contribution is -2.64. The third-order valence-corrected chi connectivity index (χ3v) is 7.38. The minimum Gasteiger partial charge on any atom is -0.366 e. The van der Waals surface area contributed by atoms with Gasteiger partial charge in [-0.3, -0.25) is 9.69 Å². The molecule has 3 aliphatic heterocycles. The molecule has 4 rings (SSSR count). The van der Waals surface area contributed by atoms with Crippen molar-refractivity contribution in [3.63, 3.8) is 0 Å². The van der Waals surface area contributed by atoms with Crippen LogP contribution in [0.5, 0.6) is 0 Å². The molecule has 0 spiro atoms. The molecule has 0 aliphatic carbocycles. The van der Waals surface area contributed by atoms with Crippen molar-refractivity contribution in [1.29, 1.82) is 0 Å². The van der Waals surface area contributed by atoms with Crippen molar-refractivity contribution in [3.8, 4) is 0 Å². The van der Waals surface area contributed by atoms with Gasteiger partial charge < -0.3 is 9.80 Å². The predicted molar refractivity (Wildman–Crippen MR) is 105 cm³/mol. The lowest BCUT2D eigenvalue weighted by atomic mass is 10.1. The van der Waals surface area contributed by atoms with E-state index in [9.17, 15) is 26.4 Å². The second-order valence-electron chi connectivity index (χ2n) is 8.25. The van der Waals surface area contributed by atoms with Gasteiger partial charge in [0.2, 0.25) is 15.9 Å². The van der Waals surface area contributed by atoms with Crippen LogP contribution >= 0.6 is 0 Å². The van der Waals surface area contributed by atoms with E-state index in [0.717, 1.165) is 6.26 Å². The van der Waals surface area contributed by atoms with E-state index in [1.54, 1.807) is 23.1 Å². The number of amides is 1. The Bertz CT molecular complexity index is 915. The van der Waals surface area contributed by atoms with Gasteiger partial charge in [-0.25, -0.2) is 21.6 Å². The SMILES string of the molecule is CS(=O)(=O)N1CC(N2CC(F)(F)C[C@H]2C(=O)N2CCN(c3ccccc3F)CC2)C1. The highest BCUT2D eigenvalue weighted by molar-refractivity contribution is 7.88. The molecule has 1 aromatic carbocycles. The topological polar surface area (TPSA) is 64.2 Å². The van der Waals surface area contributed by atoms with Crippen LogP contribution in [-0.4, -0.2) is 98.5 Å². The van der Waals surface area contributed by atoms with Crippen LogP contribution in [0.1, 0.15) is 6.42 Å². The van der Waals surface area contributed by atoms with Crippen LogP contribution in [0.25, 0.3) is 0 Å². The Balaban J connectivity index is 1.40. The first kappa shape index (κ1) is 21.4. The van der Waals surface area contributed by atoms with E-state index >= 15 is 0 Å². The molecule has 1 amide bonds. The Kier molecular flexibility index (Phi) is 5.48. The fraction of sp³-hybridized carbons (Fsp3) is 0.632. The predicted octanol–water partition coefficient (Wildman–Crippen LogP) is 0.828. The maximum Gasteiger partial charge on any atom is 0.262 e. The maximum atomic E-state index is 14.2. The van der Waals surface area contributed by atoms with Crippen LogP contribution in [0.4, 0.5) is 18.9 Å². The first-order valence-corrected chi connectivity index (χ1v) is 11.8. The summed E-state index contributed by atoms with van der Waals surface area (Å²) >= 11 is 0. The Morgan fingerprint density at radius 1 is 1.10 bits per heavy atom. The number of anilines is 1. The van der Waals surface area contributed by atoms with Gasteiger partial charge in [0.05, 0.1) is 24.5 Å². The summed E-state index contributed by atoms with van der Waals surface area (Å²) in [7, 11) is -3.36. The van der Waals surface area contributed by atoms with Crippen molar-refractivity contribution < 1.29 is 26.4 Å². The van der Waals surface area contributed by atoms with E-state index in [0.29, 0.717) is 31.9 Å².